The Balaban J connectivity index is 1.52. The van der Waals surface area contributed by atoms with Crippen molar-refractivity contribution in [2.45, 2.75) is 26.7 Å². The molecule has 1 aliphatic rings. The minimum absolute atomic E-state index is 0.0422. The van der Waals surface area contributed by atoms with E-state index in [1.165, 1.54) is 0 Å². The molecule has 0 aliphatic carbocycles. The van der Waals surface area contributed by atoms with Gasteiger partial charge in [0, 0.05) is 36.3 Å². The molecule has 1 heterocycles. The summed E-state index contributed by atoms with van der Waals surface area (Å²) in [4.78, 5) is 38.0. The van der Waals surface area contributed by atoms with Crippen LogP contribution in [-0.4, -0.2) is 37.4 Å². The Labute approximate surface area is 164 Å². The van der Waals surface area contributed by atoms with Crippen LogP contribution in [0.4, 0.5) is 11.4 Å². The summed E-state index contributed by atoms with van der Waals surface area (Å²) < 4.78 is 5.12. The molecule has 6 heteroatoms. The molecule has 2 amide bonds. The molecule has 28 heavy (non-hydrogen) atoms. The highest BCUT2D eigenvalue weighted by molar-refractivity contribution is 6.00. The number of carbonyl (C=O) groups is 3. The Kier molecular flexibility index (Phi) is 6.21. The van der Waals surface area contributed by atoms with E-state index in [1.54, 1.807) is 35.2 Å². The van der Waals surface area contributed by atoms with Crippen LogP contribution in [0.3, 0.4) is 0 Å². The quantitative estimate of drug-likeness (QED) is 0.781. The van der Waals surface area contributed by atoms with Crippen LogP contribution in [0.25, 0.3) is 0 Å². The number of nitrogens with zero attached hydrogens (tertiary/aromatic N) is 1. The average molecular weight is 380 g/mol. The molecule has 3 rings (SSSR count). The molecule has 2 aromatic carbocycles. The van der Waals surface area contributed by atoms with E-state index in [9.17, 15) is 14.4 Å². The van der Waals surface area contributed by atoms with Gasteiger partial charge in [-0.15, -0.1) is 0 Å². The molecule has 1 fully saturated rings. The van der Waals surface area contributed by atoms with Crippen LogP contribution in [0.1, 0.15) is 34.3 Å². The van der Waals surface area contributed by atoms with Gasteiger partial charge in [-0.1, -0.05) is 12.1 Å². The third-order valence-corrected chi connectivity index (χ3v) is 4.86. The third-order valence-electron chi connectivity index (χ3n) is 4.86. The summed E-state index contributed by atoms with van der Waals surface area (Å²) in [6.45, 7) is 5.08. The molecule has 1 N–H and O–H groups in total. The Morgan fingerprint density at radius 2 is 1.79 bits per heavy atom. The summed E-state index contributed by atoms with van der Waals surface area (Å²) in [5.74, 6) is -0.334. The predicted octanol–water partition coefficient (Wildman–Crippen LogP) is 3.27. The van der Waals surface area contributed by atoms with E-state index in [-0.39, 0.29) is 37.0 Å². The van der Waals surface area contributed by atoms with Crippen LogP contribution in [-0.2, 0) is 14.3 Å². The smallest absolute Gasteiger partial charge is 0.253 e. The normalized spacial score (nSPS) is 14.1. The van der Waals surface area contributed by atoms with Gasteiger partial charge >= 0.3 is 0 Å². The highest BCUT2D eigenvalue weighted by Gasteiger charge is 2.20. The number of ketones is 1. The third kappa shape index (κ3) is 4.84. The lowest BCUT2D eigenvalue weighted by Crippen LogP contribution is -2.41. The van der Waals surface area contributed by atoms with Crippen molar-refractivity contribution in [3.8, 4) is 0 Å². The van der Waals surface area contributed by atoms with E-state index in [1.807, 2.05) is 26.0 Å². The van der Waals surface area contributed by atoms with Gasteiger partial charge < -0.3 is 15.0 Å². The fourth-order valence-corrected chi connectivity index (χ4v) is 3.03. The van der Waals surface area contributed by atoms with E-state index in [2.05, 4.69) is 5.32 Å². The number of benzene rings is 2. The lowest BCUT2D eigenvalue weighted by Gasteiger charge is -2.26. The summed E-state index contributed by atoms with van der Waals surface area (Å²) in [6, 6.07) is 12.7. The van der Waals surface area contributed by atoms with Crippen LogP contribution in [0.2, 0.25) is 0 Å². The number of Topliss-reactive ketones (excluding diaryl/α,β-unsaturated/α-hetero) is 1. The van der Waals surface area contributed by atoms with E-state index in [0.717, 1.165) is 16.8 Å². The van der Waals surface area contributed by atoms with Gasteiger partial charge in [0.15, 0.2) is 5.78 Å². The number of morpholine rings is 1. The number of rotatable bonds is 6. The van der Waals surface area contributed by atoms with Gasteiger partial charge in [-0.05, 0) is 55.3 Å². The highest BCUT2D eigenvalue weighted by Crippen LogP contribution is 2.20. The summed E-state index contributed by atoms with van der Waals surface area (Å²) in [5, 5.41) is 2.79. The molecule has 1 saturated heterocycles. The van der Waals surface area contributed by atoms with E-state index in [0.29, 0.717) is 24.4 Å². The number of hydrogen-bond donors (Lipinski definition) is 1. The number of aryl methyl sites for hydroxylation is 2. The van der Waals surface area contributed by atoms with Crippen molar-refractivity contribution in [1.29, 1.82) is 0 Å². The molecule has 0 bridgehead atoms. The molecule has 0 spiro atoms. The summed E-state index contributed by atoms with van der Waals surface area (Å²) >= 11 is 0. The SMILES string of the molecule is Cc1ccc(C(=O)CCC(=O)Nc2ccc(N3CCOCC3=O)cc2)cc1C. The molecule has 0 unspecified atom stereocenters. The molecule has 0 radical (unpaired) electrons. The van der Waals surface area contributed by atoms with E-state index < -0.39 is 0 Å². The lowest BCUT2D eigenvalue weighted by atomic mass is 10.0. The first-order valence-corrected chi connectivity index (χ1v) is 9.32. The van der Waals surface area contributed by atoms with Crippen molar-refractivity contribution in [3.63, 3.8) is 0 Å². The Morgan fingerprint density at radius 1 is 1.04 bits per heavy atom. The molecule has 6 nitrogen and oxygen atoms in total. The summed E-state index contributed by atoms with van der Waals surface area (Å²) in [5.41, 5.74) is 4.24. The second kappa shape index (κ2) is 8.80. The van der Waals surface area contributed by atoms with Gasteiger partial charge in [0.05, 0.1) is 6.61 Å². The van der Waals surface area contributed by atoms with Gasteiger partial charge in [0.1, 0.15) is 6.61 Å². The largest absolute Gasteiger partial charge is 0.370 e. The topological polar surface area (TPSA) is 75.7 Å². The monoisotopic (exact) mass is 380 g/mol. The maximum absolute atomic E-state index is 12.3. The standard InChI is InChI=1S/C22H24N2O4/c1-15-3-4-17(13-16(15)2)20(25)9-10-21(26)23-18-5-7-19(8-6-18)24-11-12-28-14-22(24)27/h3-8,13H,9-12,14H2,1-2H3,(H,23,26). The van der Waals surface area contributed by atoms with Gasteiger partial charge in [-0.3, -0.25) is 14.4 Å². The Morgan fingerprint density at radius 3 is 2.46 bits per heavy atom. The second-order valence-corrected chi connectivity index (χ2v) is 6.92. The fourth-order valence-electron chi connectivity index (χ4n) is 3.03. The minimum atomic E-state index is -0.215. The van der Waals surface area contributed by atoms with Crippen molar-refractivity contribution in [3.05, 3.63) is 59.2 Å². The molecule has 1 aliphatic heterocycles. The van der Waals surface area contributed by atoms with Crippen molar-refractivity contribution in [1.82, 2.24) is 0 Å². The highest BCUT2D eigenvalue weighted by atomic mass is 16.5. The number of carbonyl (C=O) groups excluding carboxylic acids is 3. The van der Waals surface area contributed by atoms with Crippen LogP contribution < -0.4 is 10.2 Å². The zero-order valence-electron chi connectivity index (χ0n) is 16.2. The van der Waals surface area contributed by atoms with E-state index >= 15 is 0 Å². The van der Waals surface area contributed by atoms with Crippen LogP contribution in [0, 0.1) is 13.8 Å². The number of nitrogens with one attached hydrogen (secondary N) is 1. The predicted molar refractivity (Wildman–Crippen MR) is 108 cm³/mol. The number of hydrogen-bond acceptors (Lipinski definition) is 4. The molecule has 0 aromatic heterocycles. The molecular weight excluding hydrogens is 356 g/mol. The zero-order valence-corrected chi connectivity index (χ0v) is 16.2. The van der Waals surface area contributed by atoms with Crippen LogP contribution in [0.15, 0.2) is 42.5 Å². The van der Waals surface area contributed by atoms with Gasteiger partial charge in [0.2, 0.25) is 5.91 Å². The van der Waals surface area contributed by atoms with Gasteiger partial charge in [-0.2, -0.15) is 0 Å². The van der Waals surface area contributed by atoms with Crippen LogP contribution >= 0.6 is 0 Å². The first-order valence-electron chi connectivity index (χ1n) is 9.32. The molecular formula is C22H24N2O4. The van der Waals surface area contributed by atoms with Crippen molar-refractivity contribution >= 4 is 29.0 Å². The molecule has 0 saturated carbocycles. The maximum atomic E-state index is 12.3. The second-order valence-electron chi connectivity index (χ2n) is 6.92. The van der Waals surface area contributed by atoms with E-state index in [4.69, 9.17) is 4.74 Å². The zero-order chi connectivity index (χ0) is 20.1. The van der Waals surface area contributed by atoms with Crippen molar-refractivity contribution < 1.29 is 19.1 Å². The molecule has 0 atom stereocenters. The fraction of sp³-hybridized carbons (Fsp3) is 0.318. The first kappa shape index (κ1) is 19.8. The van der Waals surface area contributed by atoms with Gasteiger partial charge in [-0.25, -0.2) is 0 Å². The van der Waals surface area contributed by atoms with Crippen molar-refractivity contribution in [2.24, 2.45) is 0 Å². The first-order chi connectivity index (χ1) is 13.4. The number of amides is 2. The number of anilines is 2. The number of ether oxygens (including phenoxy) is 1. The summed E-state index contributed by atoms with van der Waals surface area (Å²) in [7, 11) is 0. The Hall–Kier alpha value is -2.99. The molecule has 2 aromatic rings. The summed E-state index contributed by atoms with van der Waals surface area (Å²) in [6.07, 6.45) is 0.282. The lowest BCUT2D eigenvalue weighted by molar-refractivity contribution is -0.125. The minimum Gasteiger partial charge on any atom is -0.370 e. The van der Waals surface area contributed by atoms with Crippen LogP contribution in [0.5, 0.6) is 0 Å². The molecule has 146 valence electrons. The Bertz CT molecular complexity index is 890. The van der Waals surface area contributed by atoms with Crippen molar-refractivity contribution in [2.75, 3.05) is 30.0 Å². The van der Waals surface area contributed by atoms with Gasteiger partial charge in [0.25, 0.3) is 5.91 Å². The average Bonchev–Trinajstić information content (AvgIpc) is 2.69. The maximum Gasteiger partial charge on any atom is 0.253 e.